The molecule has 0 amide bonds. The zero-order valence-corrected chi connectivity index (χ0v) is 16.4. The molecule has 1 saturated heterocycles. The SMILES string of the molecule is CN1CCCC(Nc2cc(NCc3ccccc3)c3ncc(C4CC4)n3n2)C1. The number of fused-ring (bicyclic) bond motifs is 1. The number of aromatic nitrogens is 3. The van der Waals surface area contributed by atoms with E-state index in [1.807, 2.05) is 12.3 Å². The molecule has 1 unspecified atom stereocenters. The minimum absolute atomic E-state index is 0.443. The summed E-state index contributed by atoms with van der Waals surface area (Å²) in [5.41, 5.74) is 4.46. The van der Waals surface area contributed by atoms with Gasteiger partial charge in [0, 0.05) is 31.1 Å². The van der Waals surface area contributed by atoms with E-state index in [0.717, 1.165) is 30.2 Å². The smallest absolute Gasteiger partial charge is 0.177 e. The summed E-state index contributed by atoms with van der Waals surface area (Å²) in [5.74, 6) is 1.55. The van der Waals surface area contributed by atoms with Crippen LogP contribution in [0.3, 0.4) is 0 Å². The van der Waals surface area contributed by atoms with Crippen LogP contribution in [0.4, 0.5) is 11.5 Å². The molecule has 0 radical (unpaired) electrons. The number of likely N-dealkylation sites (N-methyl/N-ethyl adjacent to an activating group) is 1. The molecule has 146 valence electrons. The molecular formula is C22H28N6. The average molecular weight is 377 g/mol. The quantitative estimate of drug-likeness (QED) is 0.687. The number of benzene rings is 1. The van der Waals surface area contributed by atoms with Crippen LogP contribution in [0.15, 0.2) is 42.6 Å². The standard InChI is InChI=1S/C22H28N6/c1-27-11-5-8-18(15-27)25-21-12-19(23-13-16-6-3-2-4-7-16)22-24-14-20(17-9-10-17)28(22)26-21/h2-4,6-7,12,14,17-18,23H,5,8-11,13,15H2,1H3,(H,25,26). The lowest BCUT2D eigenvalue weighted by Gasteiger charge is -2.30. The first kappa shape index (κ1) is 17.5. The van der Waals surface area contributed by atoms with Crippen molar-refractivity contribution in [3.8, 4) is 0 Å². The maximum absolute atomic E-state index is 4.92. The number of likely N-dealkylation sites (tertiary alicyclic amines) is 1. The van der Waals surface area contributed by atoms with Crippen LogP contribution in [0.2, 0.25) is 0 Å². The van der Waals surface area contributed by atoms with Crippen LogP contribution in [0, 0.1) is 0 Å². The Morgan fingerprint density at radius 1 is 1.14 bits per heavy atom. The second-order valence-electron chi connectivity index (χ2n) is 8.22. The van der Waals surface area contributed by atoms with E-state index in [9.17, 15) is 0 Å². The number of anilines is 2. The summed E-state index contributed by atoms with van der Waals surface area (Å²) >= 11 is 0. The van der Waals surface area contributed by atoms with Crippen LogP contribution < -0.4 is 10.6 Å². The molecule has 28 heavy (non-hydrogen) atoms. The summed E-state index contributed by atoms with van der Waals surface area (Å²) in [6, 6.07) is 13.1. The number of nitrogens with zero attached hydrogens (tertiary/aromatic N) is 4. The van der Waals surface area contributed by atoms with Gasteiger partial charge in [-0.2, -0.15) is 0 Å². The summed E-state index contributed by atoms with van der Waals surface area (Å²) in [4.78, 5) is 7.08. The van der Waals surface area contributed by atoms with Crippen molar-refractivity contribution in [2.45, 2.75) is 44.2 Å². The van der Waals surface area contributed by atoms with Gasteiger partial charge in [0.15, 0.2) is 5.65 Å². The van der Waals surface area contributed by atoms with Crippen molar-refractivity contribution in [3.05, 3.63) is 53.9 Å². The lowest BCUT2D eigenvalue weighted by molar-refractivity contribution is 0.260. The number of hydrogen-bond acceptors (Lipinski definition) is 5. The number of nitrogens with one attached hydrogen (secondary N) is 2. The zero-order chi connectivity index (χ0) is 18.9. The Hall–Kier alpha value is -2.60. The summed E-state index contributed by atoms with van der Waals surface area (Å²) in [7, 11) is 2.19. The van der Waals surface area contributed by atoms with Crippen LogP contribution in [0.5, 0.6) is 0 Å². The Morgan fingerprint density at radius 3 is 2.79 bits per heavy atom. The molecule has 2 N–H and O–H groups in total. The Balaban J connectivity index is 1.44. The fourth-order valence-electron chi connectivity index (χ4n) is 4.13. The van der Waals surface area contributed by atoms with Crippen LogP contribution in [0.1, 0.15) is 42.9 Å². The molecule has 2 aliphatic rings. The van der Waals surface area contributed by atoms with Crippen molar-refractivity contribution in [2.24, 2.45) is 0 Å². The number of hydrogen-bond donors (Lipinski definition) is 2. The normalized spacial score (nSPS) is 20.4. The second-order valence-corrected chi connectivity index (χ2v) is 8.22. The maximum Gasteiger partial charge on any atom is 0.177 e. The monoisotopic (exact) mass is 376 g/mol. The van der Waals surface area contributed by atoms with Crippen LogP contribution in [0.25, 0.3) is 5.65 Å². The Labute approximate surface area is 166 Å². The van der Waals surface area contributed by atoms with E-state index in [4.69, 9.17) is 10.1 Å². The van der Waals surface area contributed by atoms with Gasteiger partial charge in [-0.25, -0.2) is 9.50 Å². The maximum atomic E-state index is 4.92. The largest absolute Gasteiger partial charge is 0.378 e. The molecule has 0 bridgehead atoms. The van der Waals surface area contributed by atoms with E-state index in [0.29, 0.717) is 12.0 Å². The number of piperidine rings is 1. The third kappa shape index (κ3) is 3.69. The third-order valence-electron chi connectivity index (χ3n) is 5.79. The fraction of sp³-hybridized carbons (Fsp3) is 0.455. The first-order chi connectivity index (χ1) is 13.8. The lowest BCUT2D eigenvalue weighted by Crippen LogP contribution is -2.40. The van der Waals surface area contributed by atoms with Gasteiger partial charge < -0.3 is 15.5 Å². The molecule has 6 nitrogen and oxygen atoms in total. The average Bonchev–Trinajstić information content (AvgIpc) is 3.46. The second kappa shape index (κ2) is 7.43. The third-order valence-corrected chi connectivity index (χ3v) is 5.79. The van der Waals surface area contributed by atoms with Crippen molar-refractivity contribution in [2.75, 3.05) is 30.8 Å². The van der Waals surface area contributed by atoms with Gasteiger partial charge in [-0.15, -0.1) is 5.10 Å². The summed E-state index contributed by atoms with van der Waals surface area (Å²) < 4.78 is 2.06. The molecule has 5 rings (SSSR count). The highest BCUT2D eigenvalue weighted by molar-refractivity contribution is 5.71. The highest BCUT2D eigenvalue weighted by Crippen LogP contribution is 2.40. The van der Waals surface area contributed by atoms with Gasteiger partial charge in [-0.1, -0.05) is 30.3 Å². The van der Waals surface area contributed by atoms with Gasteiger partial charge in [0.1, 0.15) is 5.82 Å². The minimum atomic E-state index is 0.443. The predicted molar refractivity (Wildman–Crippen MR) is 113 cm³/mol. The number of imidazole rings is 1. The van der Waals surface area contributed by atoms with Crippen LogP contribution in [-0.4, -0.2) is 45.7 Å². The molecular weight excluding hydrogens is 348 g/mol. The Morgan fingerprint density at radius 2 is 2.00 bits per heavy atom. The highest BCUT2D eigenvalue weighted by atomic mass is 15.3. The Bertz CT molecular complexity index is 946. The van der Waals surface area contributed by atoms with Gasteiger partial charge in [-0.05, 0) is 44.8 Å². The van der Waals surface area contributed by atoms with Crippen molar-refractivity contribution in [3.63, 3.8) is 0 Å². The van der Waals surface area contributed by atoms with Crippen molar-refractivity contribution in [1.82, 2.24) is 19.5 Å². The summed E-state index contributed by atoms with van der Waals surface area (Å²) in [6.07, 6.45) is 6.91. The van der Waals surface area contributed by atoms with E-state index in [1.54, 1.807) is 0 Å². The summed E-state index contributed by atoms with van der Waals surface area (Å²) in [6.45, 7) is 3.02. The fourth-order valence-corrected chi connectivity index (χ4v) is 4.13. The molecule has 2 aromatic heterocycles. The Kier molecular flexibility index (Phi) is 4.64. The van der Waals surface area contributed by atoms with Crippen LogP contribution >= 0.6 is 0 Å². The molecule has 0 spiro atoms. The van der Waals surface area contributed by atoms with Crippen molar-refractivity contribution < 1.29 is 0 Å². The first-order valence-corrected chi connectivity index (χ1v) is 10.4. The molecule has 6 heteroatoms. The molecule has 3 heterocycles. The molecule has 3 aromatic rings. The molecule has 2 fully saturated rings. The highest BCUT2D eigenvalue weighted by Gasteiger charge is 2.28. The predicted octanol–water partition coefficient (Wildman–Crippen LogP) is 3.72. The van der Waals surface area contributed by atoms with E-state index >= 15 is 0 Å². The van der Waals surface area contributed by atoms with Gasteiger partial charge in [0.25, 0.3) is 0 Å². The van der Waals surface area contributed by atoms with Crippen LogP contribution in [-0.2, 0) is 6.54 Å². The molecule has 1 saturated carbocycles. The number of rotatable bonds is 6. The van der Waals surface area contributed by atoms with Gasteiger partial charge in [0.2, 0.25) is 0 Å². The minimum Gasteiger partial charge on any atom is -0.378 e. The molecule has 1 atom stereocenters. The zero-order valence-electron chi connectivity index (χ0n) is 16.4. The lowest BCUT2D eigenvalue weighted by atomic mass is 10.1. The van der Waals surface area contributed by atoms with E-state index in [1.165, 1.54) is 43.5 Å². The van der Waals surface area contributed by atoms with Crippen molar-refractivity contribution >= 4 is 17.2 Å². The van der Waals surface area contributed by atoms with Gasteiger partial charge in [-0.3, -0.25) is 0 Å². The van der Waals surface area contributed by atoms with E-state index < -0.39 is 0 Å². The van der Waals surface area contributed by atoms with Gasteiger partial charge >= 0.3 is 0 Å². The van der Waals surface area contributed by atoms with E-state index in [2.05, 4.69) is 57.4 Å². The van der Waals surface area contributed by atoms with Gasteiger partial charge in [0.05, 0.1) is 17.6 Å². The topological polar surface area (TPSA) is 57.5 Å². The molecule has 1 aliphatic carbocycles. The first-order valence-electron chi connectivity index (χ1n) is 10.4. The molecule has 1 aliphatic heterocycles. The molecule has 1 aromatic carbocycles. The van der Waals surface area contributed by atoms with Crippen molar-refractivity contribution in [1.29, 1.82) is 0 Å². The van der Waals surface area contributed by atoms with E-state index in [-0.39, 0.29) is 0 Å². The summed E-state index contributed by atoms with van der Waals surface area (Å²) in [5, 5.41) is 12.2.